The van der Waals surface area contributed by atoms with Gasteiger partial charge in [0, 0.05) is 27.1 Å². The SMILES string of the molecule is Clc1ccc(-c2csc(N/N=C/c3cn[nH]c3-c3ccc(-c4ccccc4)cc3)n2)c(Cl)c1. The van der Waals surface area contributed by atoms with Crippen molar-refractivity contribution in [2.75, 3.05) is 5.43 Å². The van der Waals surface area contributed by atoms with E-state index in [4.69, 9.17) is 23.2 Å². The number of anilines is 1. The third-order valence-corrected chi connectivity index (χ3v) is 6.32. The quantitative estimate of drug-likeness (QED) is 0.190. The van der Waals surface area contributed by atoms with E-state index in [0.717, 1.165) is 33.6 Å². The van der Waals surface area contributed by atoms with Crippen LogP contribution in [-0.4, -0.2) is 21.4 Å². The van der Waals surface area contributed by atoms with Crippen LogP contribution in [0, 0.1) is 0 Å². The number of halogens is 2. The number of rotatable bonds is 6. The van der Waals surface area contributed by atoms with Crippen LogP contribution >= 0.6 is 34.5 Å². The molecule has 2 N–H and O–H groups in total. The monoisotopic (exact) mass is 489 g/mol. The second-order valence-electron chi connectivity index (χ2n) is 7.18. The minimum absolute atomic E-state index is 0.559. The van der Waals surface area contributed by atoms with Crippen molar-refractivity contribution in [1.82, 2.24) is 15.2 Å². The van der Waals surface area contributed by atoms with Gasteiger partial charge in [0.2, 0.25) is 5.13 Å². The van der Waals surface area contributed by atoms with Crippen molar-refractivity contribution >= 4 is 45.9 Å². The molecule has 0 unspecified atom stereocenters. The highest BCUT2D eigenvalue weighted by Crippen LogP contribution is 2.32. The number of hydrazone groups is 1. The molecule has 2 aromatic heterocycles. The molecule has 0 bridgehead atoms. The van der Waals surface area contributed by atoms with Gasteiger partial charge in [-0.2, -0.15) is 10.2 Å². The summed E-state index contributed by atoms with van der Waals surface area (Å²) < 4.78 is 0. The van der Waals surface area contributed by atoms with E-state index in [2.05, 4.69) is 62.1 Å². The summed E-state index contributed by atoms with van der Waals surface area (Å²) in [5, 5.41) is 15.3. The lowest BCUT2D eigenvalue weighted by Crippen LogP contribution is -1.91. The molecule has 0 saturated carbocycles. The average Bonchev–Trinajstić information content (AvgIpc) is 3.50. The Morgan fingerprint density at radius 2 is 1.67 bits per heavy atom. The number of aromatic amines is 1. The predicted octanol–water partition coefficient (Wildman–Crippen LogP) is 7.62. The number of nitrogens with one attached hydrogen (secondary N) is 2. The van der Waals surface area contributed by atoms with E-state index in [1.54, 1.807) is 24.5 Å². The maximum absolute atomic E-state index is 6.29. The molecule has 162 valence electrons. The van der Waals surface area contributed by atoms with Crippen molar-refractivity contribution < 1.29 is 0 Å². The summed E-state index contributed by atoms with van der Waals surface area (Å²) in [6, 6.07) is 24.0. The topological polar surface area (TPSA) is 66.0 Å². The van der Waals surface area contributed by atoms with E-state index in [0.29, 0.717) is 15.2 Å². The molecule has 0 aliphatic heterocycles. The van der Waals surface area contributed by atoms with Crippen molar-refractivity contribution in [1.29, 1.82) is 0 Å². The van der Waals surface area contributed by atoms with E-state index < -0.39 is 0 Å². The van der Waals surface area contributed by atoms with E-state index >= 15 is 0 Å². The van der Waals surface area contributed by atoms with Gasteiger partial charge in [0.15, 0.2) is 0 Å². The first-order chi connectivity index (χ1) is 16.2. The molecule has 0 aliphatic rings. The first kappa shape index (κ1) is 21.4. The van der Waals surface area contributed by atoms with Gasteiger partial charge >= 0.3 is 0 Å². The van der Waals surface area contributed by atoms with Crippen LogP contribution < -0.4 is 5.43 Å². The second kappa shape index (κ2) is 9.58. The fourth-order valence-electron chi connectivity index (χ4n) is 3.39. The molecule has 2 heterocycles. The van der Waals surface area contributed by atoms with Gasteiger partial charge in [0.05, 0.1) is 28.8 Å². The molecular formula is C25H17Cl2N5S. The molecule has 5 aromatic rings. The van der Waals surface area contributed by atoms with Crippen molar-refractivity contribution in [2.24, 2.45) is 5.10 Å². The lowest BCUT2D eigenvalue weighted by Gasteiger charge is -2.04. The Labute approximate surface area is 204 Å². The maximum atomic E-state index is 6.29. The molecule has 0 aliphatic carbocycles. The number of hydrogen-bond donors (Lipinski definition) is 2. The van der Waals surface area contributed by atoms with Crippen molar-refractivity contribution in [3.63, 3.8) is 0 Å². The van der Waals surface area contributed by atoms with Crippen LogP contribution in [-0.2, 0) is 0 Å². The van der Waals surface area contributed by atoms with Crippen LogP contribution in [0.2, 0.25) is 10.0 Å². The van der Waals surface area contributed by atoms with Crippen molar-refractivity contribution in [3.05, 3.63) is 100.0 Å². The van der Waals surface area contributed by atoms with E-state index in [1.807, 2.05) is 29.6 Å². The first-order valence-corrected chi connectivity index (χ1v) is 11.7. The van der Waals surface area contributed by atoms with Crippen LogP contribution in [0.15, 0.2) is 89.5 Å². The molecule has 0 atom stereocenters. The number of hydrogen-bond acceptors (Lipinski definition) is 5. The molecule has 33 heavy (non-hydrogen) atoms. The lowest BCUT2D eigenvalue weighted by atomic mass is 10.0. The highest BCUT2D eigenvalue weighted by atomic mass is 35.5. The van der Waals surface area contributed by atoms with Crippen LogP contribution in [0.5, 0.6) is 0 Å². The number of H-pyrrole nitrogens is 1. The highest BCUT2D eigenvalue weighted by Gasteiger charge is 2.09. The van der Waals surface area contributed by atoms with Gasteiger partial charge in [-0.3, -0.25) is 10.5 Å². The zero-order chi connectivity index (χ0) is 22.6. The fourth-order valence-corrected chi connectivity index (χ4v) is 4.55. The smallest absolute Gasteiger partial charge is 0.203 e. The summed E-state index contributed by atoms with van der Waals surface area (Å²) in [5.74, 6) is 0. The Bertz CT molecular complexity index is 1410. The summed E-state index contributed by atoms with van der Waals surface area (Å²) in [6.45, 7) is 0. The lowest BCUT2D eigenvalue weighted by molar-refractivity contribution is 1.10. The van der Waals surface area contributed by atoms with Gasteiger partial charge in [0.25, 0.3) is 0 Å². The minimum Gasteiger partial charge on any atom is -0.277 e. The predicted molar refractivity (Wildman–Crippen MR) is 138 cm³/mol. The Balaban J connectivity index is 1.29. The van der Waals surface area contributed by atoms with Crippen LogP contribution in [0.1, 0.15) is 5.56 Å². The number of aromatic nitrogens is 3. The zero-order valence-corrected chi connectivity index (χ0v) is 19.5. The summed E-state index contributed by atoms with van der Waals surface area (Å²) in [6.07, 6.45) is 3.46. The average molecular weight is 490 g/mol. The summed E-state index contributed by atoms with van der Waals surface area (Å²) in [7, 11) is 0. The van der Waals surface area contributed by atoms with Crippen LogP contribution in [0.25, 0.3) is 33.6 Å². The largest absolute Gasteiger partial charge is 0.277 e. The molecule has 0 amide bonds. The molecule has 0 fully saturated rings. The summed E-state index contributed by atoms with van der Waals surface area (Å²) in [4.78, 5) is 4.55. The Hall–Kier alpha value is -3.45. The van der Waals surface area contributed by atoms with Crippen LogP contribution in [0.4, 0.5) is 5.13 Å². The number of benzene rings is 3. The summed E-state index contributed by atoms with van der Waals surface area (Å²) in [5.41, 5.74) is 9.71. The van der Waals surface area contributed by atoms with E-state index in [9.17, 15) is 0 Å². The standard InChI is InChI=1S/C25H17Cl2N5S/c26-20-10-11-21(22(27)12-20)23-15-33-25(30-23)32-29-14-19-13-28-31-24(19)18-8-6-17(7-9-18)16-4-2-1-3-5-16/h1-15H,(H,28,31)(H,30,32)/b29-14+. The van der Waals surface area contributed by atoms with Gasteiger partial charge in [-0.1, -0.05) is 77.8 Å². The molecule has 3 aromatic carbocycles. The Morgan fingerprint density at radius 1 is 0.909 bits per heavy atom. The Kier molecular flexibility index (Phi) is 6.21. The molecule has 8 heteroatoms. The van der Waals surface area contributed by atoms with Gasteiger partial charge in [-0.15, -0.1) is 11.3 Å². The Morgan fingerprint density at radius 3 is 2.45 bits per heavy atom. The molecular weight excluding hydrogens is 473 g/mol. The minimum atomic E-state index is 0.559. The number of nitrogens with zero attached hydrogens (tertiary/aromatic N) is 3. The van der Waals surface area contributed by atoms with Gasteiger partial charge in [0.1, 0.15) is 0 Å². The zero-order valence-electron chi connectivity index (χ0n) is 17.2. The molecule has 5 rings (SSSR count). The maximum Gasteiger partial charge on any atom is 0.203 e. The normalized spacial score (nSPS) is 11.2. The molecule has 0 radical (unpaired) electrons. The van der Waals surface area contributed by atoms with Crippen molar-refractivity contribution in [3.8, 4) is 33.6 Å². The van der Waals surface area contributed by atoms with Gasteiger partial charge in [-0.25, -0.2) is 4.98 Å². The third kappa shape index (κ3) is 4.83. The number of thiazole rings is 1. The first-order valence-electron chi connectivity index (χ1n) is 10.1. The van der Waals surface area contributed by atoms with E-state index in [-0.39, 0.29) is 0 Å². The van der Waals surface area contributed by atoms with Crippen molar-refractivity contribution in [2.45, 2.75) is 0 Å². The second-order valence-corrected chi connectivity index (χ2v) is 8.88. The van der Waals surface area contributed by atoms with Gasteiger partial charge in [-0.05, 0) is 29.3 Å². The molecule has 5 nitrogen and oxygen atoms in total. The van der Waals surface area contributed by atoms with Crippen LogP contribution in [0.3, 0.4) is 0 Å². The third-order valence-electron chi connectivity index (χ3n) is 5.02. The highest BCUT2D eigenvalue weighted by molar-refractivity contribution is 7.14. The molecule has 0 saturated heterocycles. The molecule has 0 spiro atoms. The fraction of sp³-hybridized carbons (Fsp3) is 0. The van der Waals surface area contributed by atoms with E-state index in [1.165, 1.54) is 16.9 Å². The summed E-state index contributed by atoms with van der Waals surface area (Å²) >= 11 is 13.7. The van der Waals surface area contributed by atoms with Gasteiger partial charge < -0.3 is 0 Å².